The third kappa shape index (κ3) is 1.59. The summed E-state index contributed by atoms with van der Waals surface area (Å²) in [5, 5.41) is 0. The highest BCUT2D eigenvalue weighted by Gasteiger charge is 2.21. The molecule has 70 valence electrons. The first-order chi connectivity index (χ1) is 6.20. The second-order valence-electron chi connectivity index (χ2n) is 3.41. The molecule has 0 saturated heterocycles. The van der Waals surface area contributed by atoms with Gasteiger partial charge in [0.25, 0.3) is 0 Å². The molecule has 0 unspecified atom stereocenters. The number of rotatable bonds is 0. The molecule has 1 heterocycles. The molecule has 1 aliphatic carbocycles. The molecule has 1 aromatic rings. The summed E-state index contributed by atoms with van der Waals surface area (Å²) in [4.78, 5) is 13.9. The van der Waals surface area contributed by atoms with Crippen molar-refractivity contribution in [3.8, 4) is 0 Å². The van der Waals surface area contributed by atoms with Crippen molar-refractivity contribution in [1.82, 2.24) is 0 Å². The first-order valence-electron chi connectivity index (χ1n) is 4.51. The molecule has 0 saturated carbocycles. The van der Waals surface area contributed by atoms with Crippen molar-refractivity contribution < 1.29 is 4.79 Å². The Labute approximate surface area is 90.3 Å². The molecule has 1 nitrogen and oxygen atoms in total. The molecule has 0 aromatic carbocycles. The van der Waals surface area contributed by atoms with Gasteiger partial charge in [0.05, 0.1) is 4.88 Å². The molecular formula is C10H11BrOS. The van der Waals surface area contributed by atoms with E-state index in [2.05, 4.69) is 22.9 Å². The summed E-state index contributed by atoms with van der Waals surface area (Å²) in [5.74, 6) is 0.339. The highest BCUT2D eigenvalue weighted by atomic mass is 79.9. The fraction of sp³-hybridized carbons (Fsp3) is 0.500. The van der Waals surface area contributed by atoms with Crippen LogP contribution in [0.1, 0.15) is 39.4 Å². The summed E-state index contributed by atoms with van der Waals surface area (Å²) in [6.07, 6.45) is 3.99. The number of aryl methyl sites for hydroxylation is 1. The maximum Gasteiger partial charge on any atom is 0.173 e. The molecule has 1 aliphatic rings. The van der Waals surface area contributed by atoms with Crippen LogP contribution in [0.3, 0.4) is 0 Å². The normalized spacial score (nSPS) is 16.9. The molecule has 1 aromatic heterocycles. The third-order valence-corrected chi connectivity index (χ3v) is 4.96. The van der Waals surface area contributed by atoms with Crippen LogP contribution in [0.5, 0.6) is 0 Å². The molecular weight excluding hydrogens is 248 g/mol. The van der Waals surface area contributed by atoms with Crippen LogP contribution < -0.4 is 0 Å². The van der Waals surface area contributed by atoms with E-state index in [-0.39, 0.29) is 0 Å². The number of carbonyl (C=O) groups is 1. The van der Waals surface area contributed by atoms with Gasteiger partial charge in [-0.25, -0.2) is 0 Å². The van der Waals surface area contributed by atoms with Gasteiger partial charge in [0.2, 0.25) is 0 Å². The Morgan fingerprint density at radius 1 is 1.31 bits per heavy atom. The van der Waals surface area contributed by atoms with Gasteiger partial charge in [0.1, 0.15) is 0 Å². The van der Waals surface area contributed by atoms with E-state index in [1.165, 1.54) is 14.9 Å². The van der Waals surface area contributed by atoms with Crippen LogP contribution in [0, 0.1) is 6.92 Å². The number of ketones is 1. The van der Waals surface area contributed by atoms with Gasteiger partial charge in [-0.3, -0.25) is 4.79 Å². The molecule has 2 rings (SSSR count). The Kier molecular flexibility index (Phi) is 2.56. The van der Waals surface area contributed by atoms with Gasteiger partial charge >= 0.3 is 0 Å². The summed E-state index contributed by atoms with van der Waals surface area (Å²) in [7, 11) is 0. The van der Waals surface area contributed by atoms with Gasteiger partial charge in [-0.2, -0.15) is 0 Å². The number of Topliss-reactive ketones (excluding diaryl/α,β-unsaturated/α-hetero) is 1. The quantitative estimate of drug-likeness (QED) is 0.649. The summed E-state index contributed by atoms with van der Waals surface area (Å²) >= 11 is 5.20. The van der Waals surface area contributed by atoms with Crippen molar-refractivity contribution in [2.75, 3.05) is 0 Å². The number of halogens is 1. The zero-order chi connectivity index (χ0) is 9.42. The summed E-state index contributed by atoms with van der Waals surface area (Å²) in [6, 6.07) is 0. The molecule has 0 fully saturated rings. The van der Waals surface area contributed by atoms with Crippen LogP contribution in [0.2, 0.25) is 0 Å². The van der Waals surface area contributed by atoms with Crippen LogP contribution in [0.15, 0.2) is 4.47 Å². The van der Waals surface area contributed by atoms with Crippen molar-refractivity contribution in [1.29, 1.82) is 0 Å². The fourth-order valence-corrected chi connectivity index (χ4v) is 3.55. The monoisotopic (exact) mass is 258 g/mol. The molecule has 0 atom stereocenters. The minimum atomic E-state index is 0.339. The average Bonchev–Trinajstić information content (AvgIpc) is 2.30. The van der Waals surface area contributed by atoms with E-state index >= 15 is 0 Å². The van der Waals surface area contributed by atoms with Crippen LogP contribution in [0.25, 0.3) is 0 Å². The smallest absolute Gasteiger partial charge is 0.173 e. The van der Waals surface area contributed by atoms with Gasteiger partial charge in [-0.1, -0.05) is 0 Å². The molecule has 3 heteroatoms. The van der Waals surface area contributed by atoms with Crippen LogP contribution in [0.4, 0.5) is 0 Å². The lowest BCUT2D eigenvalue weighted by Gasteiger charge is -1.96. The van der Waals surface area contributed by atoms with Gasteiger partial charge < -0.3 is 0 Å². The van der Waals surface area contributed by atoms with Crippen molar-refractivity contribution in [2.24, 2.45) is 0 Å². The van der Waals surface area contributed by atoms with Gasteiger partial charge in [0.15, 0.2) is 5.78 Å². The zero-order valence-corrected chi connectivity index (χ0v) is 9.93. The average molecular weight is 259 g/mol. The van der Waals surface area contributed by atoms with E-state index in [1.54, 1.807) is 11.3 Å². The zero-order valence-electron chi connectivity index (χ0n) is 7.52. The number of hydrogen-bond acceptors (Lipinski definition) is 2. The fourth-order valence-electron chi connectivity index (χ4n) is 1.72. The largest absolute Gasteiger partial charge is 0.293 e. The predicted octanol–water partition coefficient (Wildman–Crippen LogP) is 3.73. The topological polar surface area (TPSA) is 17.1 Å². The first kappa shape index (κ1) is 9.41. The molecule has 0 spiro atoms. The van der Waals surface area contributed by atoms with Crippen molar-refractivity contribution in [2.45, 2.75) is 32.6 Å². The van der Waals surface area contributed by atoms with E-state index in [4.69, 9.17) is 0 Å². The van der Waals surface area contributed by atoms with E-state index in [1.807, 2.05) is 0 Å². The van der Waals surface area contributed by atoms with Crippen molar-refractivity contribution in [3.05, 3.63) is 19.8 Å². The number of fused-ring (bicyclic) bond motifs is 1. The van der Waals surface area contributed by atoms with Crippen LogP contribution in [-0.2, 0) is 6.42 Å². The highest BCUT2D eigenvalue weighted by Crippen LogP contribution is 2.36. The van der Waals surface area contributed by atoms with Crippen LogP contribution in [-0.4, -0.2) is 5.78 Å². The lowest BCUT2D eigenvalue weighted by atomic mass is 10.1. The van der Waals surface area contributed by atoms with E-state index in [9.17, 15) is 4.79 Å². The molecule has 0 N–H and O–H groups in total. The highest BCUT2D eigenvalue weighted by molar-refractivity contribution is 9.10. The Morgan fingerprint density at radius 3 is 2.77 bits per heavy atom. The van der Waals surface area contributed by atoms with Gasteiger partial charge in [-0.15, -0.1) is 11.3 Å². The Balaban J connectivity index is 2.53. The predicted molar refractivity (Wildman–Crippen MR) is 58.6 cm³/mol. The maximum atomic E-state index is 11.7. The second kappa shape index (κ2) is 3.54. The first-order valence-corrected chi connectivity index (χ1v) is 6.12. The molecule has 13 heavy (non-hydrogen) atoms. The van der Waals surface area contributed by atoms with Gasteiger partial charge in [-0.05, 0) is 47.7 Å². The molecule has 0 aliphatic heterocycles. The SMILES string of the molecule is Cc1sc2c(c1Br)CCCCC2=O. The molecule has 0 bridgehead atoms. The van der Waals surface area contributed by atoms with Crippen LogP contribution >= 0.6 is 27.3 Å². The number of carbonyl (C=O) groups excluding carboxylic acids is 1. The Morgan fingerprint density at radius 2 is 2.00 bits per heavy atom. The Hall–Kier alpha value is -0.150. The lowest BCUT2D eigenvalue weighted by molar-refractivity contribution is 0.0986. The maximum absolute atomic E-state index is 11.7. The molecule has 0 radical (unpaired) electrons. The lowest BCUT2D eigenvalue weighted by Crippen LogP contribution is -1.94. The second-order valence-corrected chi connectivity index (χ2v) is 5.43. The summed E-state index contributed by atoms with van der Waals surface area (Å²) in [5.41, 5.74) is 1.25. The minimum Gasteiger partial charge on any atom is -0.293 e. The van der Waals surface area contributed by atoms with Gasteiger partial charge in [0, 0.05) is 15.8 Å². The van der Waals surface area contributed by atoms with Crippen molar-refractivity contribution >= 4 is 33.0 Å². The summed E-state index contributed by atoms with van der Waals surface area (Å²) < 4.78 is 1.17. The third-order valence-electron chi connectivity index (χ3n) is 2.44. The van der Waals surface area contributed by atoms with E-state index in [0.717, 1.165) is 30.6 Å². The number of thiophene rings is 1. The standard InChI is InChI=1S/C10H11BrOS/c1-6-9(11)7-4-2-3-5-8(12)10(7)13-6/h2-5H2,1H3. The molecule has 0 amide bonds. The Bertz CT molecular complexity index is 354. The number of hydrogen-bond donors (Lipinski definition) is 0. The minimum absolute atomic E-state index is 0.339. The van der Waals surface area contributed by atoms with E-state index in [0.29, 0.717) is 5.78 Å². The summed E-state index contributed by atoms with van der Waals surface area (Å²) in [6.45, 7) is 2.07. The van der Waals surface area contributed by atoms with Crippen molar-refractivity contribution in [3.63, 3.8) is 0 Å². The van der Waals surface area contributed by atoms with E-state index < -0.39 is 0 Å².